The van der Waals surface area contributed by atoms with Crippen molar-refractivity contribution in [2.45, 2.75) is 42.9 Å². The Hall–Kier alpha value is -2.24. The van der Waals surface area contributed by atoms with E-state index in [0.29, 0.717) is 0 Å². The topological polar surface area (TPSA) is 35.5 Å². The molecule has 2 atom stereocenters. The van der Waals surface area contributed by atoms with Crippen molar-refractivity contribution in [2.75, 3.05) is 6.61 Å². The first-order valence-corrected chi connectivity index (χ1v) is 14.8. The van der Waals surface area contributed by atoms with Crippen molar-refractivity contribution in [3.8, 4) is 0 Å². The molecule has 1 aliphatic heterocycles. The zero-order valence-electron chi connectivity index (χ0n) is 19.2. The van der Waals surface area contributed by atoms with E-state index in [1.165, 1.54) is 0 Å². The maximum absolute atomic E-state index is 15.7. The van der Waals surface area contributed by atoms with E-state index in [4.69, 9.17) is 9.16 Å². The molecule has 3 nitrogen and oxygen atoms in total. The molecule has 0 aliphatic carbocycles. The van der Waals surface area contributed by atoms with Crippen molar-refractivity contribution in [1.29, 1.82) is 0 Å². The molecule has 33 heavy (non-hydrogen) atoms. The van der Waals surface area contributed by atoms with Crippen molar-refractivity contribution >= 4 is 44.1 Å². The number of halogens is 1. The van der Waals surface area contributed by atoms with E-state index in [-0.39, 0.29) is 18.1 Å². The van der Waals surface area contributed by atoms with Gasteiger partial charge in [0.05, 0.1) is 0 Å². The number of cyclic esters (lactones) is 1. The zero-order valence-corrected chi connectivity index (χ0v) is 21.9. The summed E-state index contributed by atoms with van der Waals surface area (Å²) in [7, 11) is -2.77. The molecule has 0 bridgehead atoms. The molecular formula is C27H29FO3SeSi. The van der Waals surface area contributed by atoms with Crippen molar-refractivity contribution in [3.63, 3.8) is 0 Å². The van der Waals surface area contributed by atoms with Gasteiger partial charge in [-0.05, 0) is 0 Å². The van der Waals surface area contributed by atoms with E-state index < -0.39 is 39.9 Å². The van der Waals surface area contributed by atoms with Gasteiger partial charge in [0.2, 0.25) is 0 Å². The van der Waals surface area contributed by atoms with Crippen LogP contribution in [0.15, 0.2) is 91.0 Å². The molecule has 0 spiro atoms. The minimum absolute atomic E-state index is 0.0267. The van der Waals surface area contributed by atoms with Crippen molar-refractivity contribution in [1.82, 2.24) is 0 Å². The van der Waals surface area contributed by atoms with Gasteiger partial charge in [-0.25, -0.2) is 0 Å². The quantitative estimate of drug-likeness (QED) is 0.348. The van der Waals surface area contributed by atoms with Crippen LogP contribution in [0.5, 0.6) is 0 Å². The monoisotopic (exact) mass is 528 g/mol. The second-order valence-corrected chi connectivity index (χ2v) is 16.4. The molecule has 1 aliphatic rings. The molecule has 172 valence electrons. The number of rotatable bonds is 7. The predicted octanol–water partition coefficient (Wildman–Crippen LogP) is 3.57. The summed E-state index contributed by atoms with van der Waals surface area (Å²) in [5.41, 5.74) is 0. The Bertz CT molecular complexity index is 1030. The van der Waals surface area contributed by atoms with Crippen LogP contribution in [0, 0.1) is 0 Å². The van der Waals surface area contributed by atoms with E-state index in [1.807, 2.05) is 66.7 Å². The second-order valence-electron chi connectivity index (χ2n) is 9.35. The third kappa shape index (κ3) is 4.85. The minimum atomic E-state index is -2.77. The van der Waals surface area contributed by atoms with Crippen molar-refractivity contribution in [2.24, 2.45) is 0 Å². The van der Waals surface area contributed by atoms with Crippen LogP contribution in [0.1, 0.15) is 27.2 Å². The van der Waals surface area contributed by atoms with Crippen LogP contribution in [0.2, 0.25) is 5.04 Å². The Morgan fingerprint density at radius 2 is 1.42 bits per heavy atom. The van der Waals surface area contributed by atoms with Crippen LogP contribution in [-0.4, -0.2) is 46.5 Å². The number of carbonyl (C=O) groups excluding carboxylic acids is 1. The molecule has 1 saturated heterocycles. The number of ether oxygens (including phenoxy) is 1. The summed E-state index contributed by atoms with van der Waals surface area (Å²) < 4.78 is 26.9. The molecule has 0 radical (unpaired) electrons. The van der Waals surface area contributed by atoms with E-state index in [1.54, 1.807) is 0 Å². The molecule has 4 rings (SSSR count). The number of hydrogen-bond donors (Lipinski definition) is 0. The van der Waals surface area contributed by atoms with Gasteiger partial charge >= 0.3 is 203 Å². The first-order valence-electron chi connectivity index (χ1n) is 11.1. The fourth-order valence-corrected chi connectivity index (χ4v) is 11.3. The van der Waals surface area contributed by atoms with E-state index in [0.717, 1.165) is 14.8 Å². The SMILES string of the molecule is CC(C)(C)[Si](OC[C@H]1C[C@@](F)([Se]c2ccccc2)C(=O)O1)(c1ccccc1)c1ccccc1. The van der Waals surface area contributed by atoms with Gasteiger partial charge in [-0.3, -0.25) is 0 Å². The molecule has 1 heterocycles. The van der Waals surface area contributed by atoms with Gasteiger partial charge in [-0.15, -0.1) is 0 Å². The summed E-state index contributed by atoms with van der Waals surface area (Å²) in [6.45, 7) is 6.75. The van der Waals surface area contributed by atoms with Crippen LogP contribution in [0.4, 0.5) is 4.39 Å². The molecule has 1 fully saturated rings. The predicted molar refractivity (Wildman–Crippen MR) is 134 cm³/mol. The Kier molecular flexibility index (Phi) is 6.92. The first-order chi connectivity index (χ1) is 15.7. The molecular weight excluding hydrogens is 498 g/mol. The number of hydrogen-bond acceptors (Lipinski definition) is 3. The molecule has 3 aromatic carbocycles. The average molecular weight is 528 g/mol. The summed E-state index contributed by atoms with van der Waals surface area (Å²) >= 11 is -0.655. The van der Waals surface area contributed by atoms with E-state index >= 15 is 4.39 Å². The second kappa shape index (κ2) is 9.55. The molecule has 0 unspecified atom stereocenters. The van der Waals surface area contributed by atoms with E-state index in [9.17, 15) is 4.79 Å². The van der Waals surface area contributed by atoms with Crippen LogP contribution in [0.3, 0.4) is 0 Å². The average Bonchev–Trinajstić information content (AvgIpc) is 3.08. The maximum atomic E-state index is 15.7. The summed E-state index contributed by atoms with van der Waals surface area (Å²) in [5.74, 6) is -0.762. The summed E-state index contributed by atoms with van der Waals surface area (Å²) in [6, 6.07) is 29.9. The van der Waals surface area contributed by atoms with Crippen LogP contribution < -0.4 is 14.8 Å². The Labute approximate surface area is 202 Å². The van der Waals surface area contributed by atoms with Crippen LogP contribution >= 0.6 is 0 Å². The number of esters is 1. The van der Waals surface area contributed by atoms with Gasteiger partial charge in [0.1, 0.15) is 0 Å². The van der Waals surface area contributed by atoms with E-state index in [2.05, 4.69) is 45.0 Å². The van der Waals surface area contributed by atoms with Gasteiger partial charge in [-0.1, -0.05) is 0 Å². The molecule has 6 heteroatoms. The number of benzene rings is 3. The Morgan fingerprint density at radius 1 is 0.939 bits per heavy atom. The van der Waals surface area contributed by atoms with Crippen LogP contribution in [-0.2, 0) is 14.0 Å². The normalized spacial score (nSPS) is 21.1. The molecule has 0 aromatic heterocycles. The van der Waals surface area contributed by atoms with Gasteiger partial charge in [0.15, 0.2) is 0 Å². The molecule has 3 aromatic rings. The third-order valence-electron chi connectivity index (χ3n) is 5.99. The summed E-state index contributed by atoms with van der Waals surface area (Å²) in [5, 5.41) is 2.10. The Balaban J connectivity index is 1.61. The molecule has 0 saturated carbocycles. The number of alkyl halides is 1. The number of carbonyl (C=O) groups is 1. The first kappa shape index (κ1) is 23.9. The van der Waals surface area contributed by atoms with Crippen molar-refractivity contribution < 1.29 is 18.3 Å². The standard InChI is InChI=1S/C27H29FO3SeSi/c1-26(2,3)33(23-15-9-5-10-16-23,24-17-11-6-12-18-24)30-20-21-19-27(28,25(29)31-21)32-22-13-7-4-8-14-22/h4-18,21H,19-20H2,1-3H3/t21-,27-/m1/s1. The fourth-order valence-electron chi connectivity index (χ4n) is 4.49. The van der Waals surface area contributed by atoms with Crippen LogP contribution in [0.25, 0.3) is 0 Å². The molecule has 0 N–H and O–H groups in total. The summed E-state index contributed by atoms with van der Waals surface area (Å²) in [6.07, 6.45) is -0.575. The summed E-state index contributed by atoms with van der Waals surface area (Å²) in [4.78, 5) is 12.5. The van der Waals surface area contributed by atoms with Gasteiger partial charge in [0, 0.05) is 0 Å². The van der Waals surface area contributed by atoms with Gasteiger partial charge in [0.25, 0.3) is 0 Å². The fraction of sp³-hybridized carbons (Fsp3) is 0.296. The zero-order chi connectivity index (χ0) is 23.5. The third-order valence-corrected chi connectivity index (χ3v) is 13.4. The van der Waals surface area contributed by atoms with Crippen molar-refractivity contribution in [3.05, 3.63) is 91.0 Å². The van der Waals surface area contributed by atoms with Gasteiger partial charge in [-0.2, -0.15) is 0 Å². The Morgan fingerprint density at radius 3 is 1.91 bits per heavy atom. The molecule has 0 amide bonds. The van der Waals surface area contributed by atoms with Gasteiger partial charge < -0.3 is 0 Å².